The molecule has 2 rings (SSSR count). The molecular weight excluding hydrogens is 300 g/mol. The van der Waals surface area contributed by atoms with E-state index in [4.69, 9.17) is 0 Å². The van der Waals surface area contributed by atoms with Gasteiger partial charge in [-0.05, 0) is 17.4 Å². The van der Waals surface area contributed by atoms with E-state index in [0.717, 1.165) is 24.3 Å². The van der Waals surface area contributed by atoms with Crippen molar-refractivity contribution in [2.75, 3.05) is 18.4 Å². The number of urea groups is 1. The lowest BCUT2D eigenvalue weighted by Crippen LogP contribution is -2.40. The minimum Gasteiger partial charge on any atom is -0.324 e. The summed E-state index contributed by atoms with van der Waals surface area (Å²) in [6, 6.07) is 11.9. The largest absolute Gasteiger partial charge is 0.324 e. The first-order valence-corrected chi connectivity index (χ1v) is 8.52. The number of aryl methyl sites for hydroxylation is 1. The van der Waals surface area contributed by atoms with Gasteiger partial charge in [0.05, 0.1) is 5.69 Å². The third-order valence-electron chi connectivity index (χ3n) is 3.64. The molecule has 2 aromatic rings. The zero-order valence-electron chi connectivity index (χ0n) is 15.3. The van der Waals surface area contributed by atoms with Crippen LogP contribution in [0.15, 0.2) is 36.4 Å². The van der Waals surface area contributed by atoms with Crippen LogP contribution in [0, 0.1) is 11.8 Å². The summed E-state index contributed by atoms with van der Waals surface area (Å²) in [7, 11) is 1.89. The number of hydrogen-bond donors (Lipinski definition) is 1. The van der Waals surface area contributed by atoms with Gasteiger partial charge >= 0.3 is 6.03 Å². The van der Waals surface area contributed by atoms with Crippen LogP contribution in [0.25, 0.3) is 11.3 Å². The minimum absolute atomic E-state index is 0.0879. The maximum atomic E-state index is 12.6. The standard InChI is InChI=1S/C19H28N4O/c1-14(2)12-23(13-15(3)4)19(24)20-18-11-17(22(5)21-18)16-9-7-6-8-10-16/h6-11,14-15H,12-13H2,1-5H3,(H,20,21,24). The lowest BCUT2D eigenvalue weighted by atomic mass is 10.1. The van der Waals surface area contributed by atoms with E-state index >= 15 is 0 Å². The molecule has 1 aromatic heterocycles. The van der Waals surface area contributed by atoms with Gasteiger partial charge in [0.15, 0.2) is 5.82 Å². The van der Waals surface area contributed by atoms with Gasteiger partial charge in [-0.3, -0.25) is 10.00 Å². The van der Waals surface area contributed by atoms with E-state index in [1.54, 1.807) is 4.68 Å². The number of anilines is 1. The summed E-state index contributed by atoms with van der Waals surface area (Å²) < 4.78 is 1.79. The Morgan fingerprint density at radius 2 is 1.71 bits per heavy atom. The molecule has 1 heterocycles. The Balaban J connectivity index is 2.13. The van der Waals surface area contributed by atoms with Crippen molar-refractivity contribution < 1.29 is 4.79 Å². The fourth-order valence-electron chi connectivity index (χ4n) is 2.72. The SMILES string of the molecule is CC(C)CN(CC(C)C)C(=O)Nc1cc(-c2ccccc2)n(C)n1. The number of rotatable bonds is 6. The molecule has 0 aliphatic heterocycles. The predicted octanol–water partition coefficient (Wildman–Crippen LogP) is 4.23. The molecule has 0 aliphatic carbocycles. The molecule has 0 radical (unpaired) electrons. The molecule has 24 heavy (non-hydrogen) atoms. The molecule has 0 unspecified atom stereocenters. The van der Waals surface area contributed by atoms with E-state index in [-0.39, 0.29) is 6.03 Å². The quantitative estimate of drug-likeness (QED) is 0.862. The van der Waals surface area contributed by atoms with Crippen LogP contribution in [0.1, 0.15) is 27.7 Å². The molecule has 0 atom stereocenters. The van der Waals surface area contributed by atoms with Crippen molar-refractivity contribution in [1.29, 1.82) is 0 Å². The van der Waals surface area contributed by atoms with Crippen molar-refractivity contribution >= 4 is 11.8 Å². The molecular formula is C19H28N4O. The summed E-state index contributed by atoms with van der Waals surface area (Å²) in [6.07, 6.45) is 0. The van der Waals surface area contributed by atoms with E-state index < -0.39 is 0 Å². The van der Waals surface area contributed by atoms with Gasteiger partial charge in [0.2, 0.25) is 0 Å². The molecule has 5 nitrogen and oxygen atoms in total. The smallest absolute Gasteiger partial charge is 0.323 e. The number of nitrogens with zero attached hydrogens (tertiary/aromatic N) is 3. The van der Waals surface area contributed by atoms with E-state index in [0.29, 0.717) is 17.7 Å². The van der Waals surface area contributed by atoms with Crippen LogP contribution in [-0.2, 0) is 7.05 Å². The summed E-state index contributed by atoms with van der Waals surface area (Å²) in [5.74, 6) is 1.44. The third kappa shape index (κ3) is 4.85. The Hall–Kier alpha value is -2.30. The van der Waals surface area contributed by atoms with Gasteiger partial charge in [0.1, 0.15) is 0 Å². The highest BCUT2D eigenvalue weighted by Crippen LogP contribution is 2.21. The Morgan fingerprint density at radius 1 is 1.12 bits per heavy atom. The summed E-state index contributed by atoms with van der Waals surface area (Å²) in [5.41, 5.74) is 2.05. The highest BCUT2D eigenvalue weighted by molar-refractivity contribution is 5.89. The Labute approximate surface area is 144 Å². The first-order chi connectivity index (χ1) is 11.4. The molecule has 2 amide bonds. The number of aromatic nitrogens is 2. The fourth-order valence-corrected chi connectivity index (χ4v) is 2.72. The third-order valence-corrected chi connectivity index (χ3v) is 3.64. The molecule has 0 spiro atoms. The van der Waals surface area contributed by atoms with E-state index in [2.05, 4.69) is 38.1 Å². The second kappa shape index (κ2) is 7.99. The number of carbonyl (C=O) groups is 1. The average Bonchev–Trinajstić information content (AvgIpc) is 2.87. The van der Waals surface area contributed by atoms with Gasteiger partial charge in [-0.25, -0.2) is 4.79 Å². The molecule has 0 saturated carbocycles. The van der Waals surface area contributed by atoms with E-state index in [1.807, 2.05) is 48.3 Å². The van der Waals surface area contributed by atoms with Gasteiger partial charge in [-0.1, -0.05) is 58.0 Å². The van der Waals surface area contributed by atoms with Crippen molar-refractivity contribution in [3.8, 4) is 11.3 Å². The molecule has 1 aromatic carbocycles. The van der Waals surface area contributed by atoms with Gasteiger partial charge in [0.25, 0.3) is 0 Å². The van der Waals surface area contributed by atoms with Crippen molar-refractivity contribution in [2.24, 2.45) is 18.9 Å². The molecule has 0 bridgehead atoms. The molecule has 0 fully saturated rings. The maximum absolute atomic E-state index is 12.6. The van der Waals surface area contributed by atoms with Crippen LogP contribution in [0.2, 0.25) is 0 Å². The van der Waals surface area contributed by atoms with Crippen LogP contribution >= 0.6 is 0 Å². The average molecular weight is 328 g/mol. The number of nitrogens with one attached hydrogen (secondary N) is 1. The van der Waals surface area contributed by atoms with Crippen LogP contribution in [0.5, 0.6) is 0 Å². The maximum Gasteiger partial charge on any atom is 0.323 e. The number of amides is 2. The predicted molar refractivity (Wildman–Crippen MR) is 98.9 cm³/mol. The molecule has 0 aliphatic rings. The van der Waals surface area contributed by atoms with Crippen molar-refractivity contribution in [1.82, 2.24) is 14.7 Å². The normalized spacial score (nSPS) is 11.1. The second-order valence-electron chi connectivity index (χ2n) is 7.03. The molecule has 1 N–H and O–H groups in total. The Morgan fingerprint density at radius 3 is 2.25 bits per heavy atom. The first kappa shape index (κ1) is 18.0. The molecule has 130 valence electrons. The molecule has 5 heteroatoms. The van der Waals surface area contributed by atoms with Crippen LogP contribution in [0.3, 0.4) is 0 Å². The van der Waals surface area contributed by atoms with Crippen molar-refractivity contribution in [3.63, 3.8) is 0 Å². The van der Waals surface area contributed by atoms with Crippen molar-refractivity contribution in [3.05, 3.63) is 36.4 Å². The second-order valence-corrected chi connectivity index (χ2v) is 7.03. The van der Waals surface area contributed by atoms with Crippen molar-refractivity contribution in [2.45, 2.75) is 27.7 Å². The lowest BCUT2D eigenvalue weighted by Gasteiger charge is -2.26. The highest BCUT2D eigenvalue weighted by Gasteiger charge is 2.18. The lowest BCUT2D eigenvalue weighted by molar-refractivity contribution is 0.196. The van der Waals surface area contributed by atoms with Gasteiger partial charge in [-0.15, -0.1) is 0 Å². The van der Waals surface area contributed by atoms with Gasteiger partial charge < -0.3 is 4.90 Å². The van der Waals surface area contributed by atoms with Crippen LogP contribution in [-0.4, -0.2) is 33.8 Å². The van der Waals surface area contributed by atoms with Gasteiger partial charge in [-0.2, -0.15) is 5.10 Å². The number of carbonyl (C=O) groups excluding carboxylic acids is 1. The zero-order valence-corrected chi connectivity index (χ0v) is 15.3. The summed E-state index contributed by atoms with van der Waals surface area (Å²) in [5, 5.41) is 7.36. The number of benzene rings is 1. The van der Waals surface area contributed by atoms with E-state index in [1.165, 1.54) is 0 Å². The minimum atomic E-state index is -0.0879. The number of hydrogen-bond acceptors (Lipinski definition) is 2. The summed E-state index contributed by atoms with van der Waals surface area (Å²) in [6.45, 7) is 9.96. The van der Waals surface area contributed by atoms with E-state index in [9.17, 15) is 4.79 Å². The van der Waals surface area contributed by atoms with Gasteiger partial charge in [0, 0.05) is 26.2 Å². The first-order valence-electron chi connectivity index (χ1n) is 8.52. The highest BCUT2D eigenvalue weighted by atomic mass is 16.2. The Kier molecular flexibility index (Phi) is 6.01. The van der Waals surface area contributed by atoms with Crippen LogP contribution in [0.4, 0.5) is 10.6 Å². The summed E-state index contributed by atoms with van der Waals surface area (Å²) in [4.78, 5) is 14.5. The molecule has 0 saturated heterocycles. The fraction of sp³-hybridized carbons (Fsp3) is 0.474. The zero-order chi connectivity index (χ0) is 17.7. The topological polar surface area (TPSA) is 50.2 Å². The summed E-state index contributed by atoms with van der Waals surface area (Å²) >= 11 is 0. The van der Waals surface area contributed by atoms with Crippen LogP contribution < -0.4 is 5.32 Å². The Bertz CT molecular complexity index is 651. The monoisotopic (exact) mass is 328 g/mol.